The molecule has 1 aliphatic rings. The Morgan fingerprint density at radius 1 is 1.47 bits per heavy atom. The van der Waals surface area contributed by atoms with Crippen molar-refractivity contribution in [1.29, 1.82) is 0 Å². The van der Waals surface area contributed by atoms with Crippen LogP contribution in [-0.4, -0.2) is 36.7 Å². The number of hydrogen-bond acceptors (Lipinski definition) is 4. The third-order valence-corrected chi connectivity index (χ3v) is 4.63. The number of rotatable bonds is 3. The summed E-state index contributed by atoms with van der Waals surface area (Å²) in [5.41, 5.74) is 5.07. The Kier molecular flexibility index (Phi) is 3.07. The molecule has 1 fully saturated rings. The lowest BCUT2D eigenvalue weighted by atomic mass is 10.0. The van der Waals surface area contributed by atoms with Crippen LogP contribution in [0.5, 0.6) is 0 Å². The number of aromatic nitrogens is 1. The number of halogens is 1. The zero-order chi connectivity index (χ0) is 12.6. The normalized spacial score (nSPS) is 17.7. The van der Waals surface area contributed by atoms with Crippen LogP contribution in [0.4, 0.5) is 0 Å². The number of carbonyl (C=O) groups excluding carboxylic acids is 1. The first-order valence-electron chi connectivity index (χ1n) is 4.82. The first kappa shape index (κ1) is 12.3. The van der Waals surface area contributed by atoms with Gasteiger partial charge in [-0.15, -0.1) is 0 Å². The molecule has 1 aliphatic heterocycles. The van der Waals surface area contributed by atoms with Crippen LogP contribution >= 0.6 is 11.6 Å². The number of pyridine rings is 1. The molecule has 8 heteroatoms. The van der Waals surface area contributed by atoms with Crippen molar-refractivity contribution in [2.75, 3.05) is 13.1 Å². The molecule has 17 heavy (non-hydrogen) atoms. The number of amides is 1. The molecule has 2 N–H and O–H groups in total. The van der Waals surface area contributed by atoms with Crippen molar-refractivity contribution in [3.8, 4) is 0 Å². The molecule has 1 saturated heterocycles. The fourth-order valence-electron chi connectivity index (χ4n) is 1.48. The second-order valence-corrected chi connectivity index (χ2v) is 6.06. The zero-order valence-electron chi connectivity index (χ0n) is 8.71. The Morgan fingerprint density at radius 2 is 2.12 bits per heavy atom. The van der Waals surface area contributed by atoms with Crippen molar-refractivity contribution in [3.05, 3.63) is 23.5 Å². The number of sulfonamides is 1. The summed E-state index contributed by atoms with van der Waals surface area (Å²) in [6.07, 6.45) is 1.19. The second-order valence-electron chi connectivity index (χ2n) is 3.74. The van der Waals surface area contributed by atoms with Crippen LogP contribution in [0.3, 0.4) is 0 Å². The van der Waals surface area contributed by atoms with E-state index in [0.717, 1.165) is 0 Å². The minimum absolute atomic E-state index is 0.0600. The van der Waals surface area contributed by atoms with Crippen LogP contribution in [0, 0.1) is 5.92 Å². The van der Waals surface area contributed by atoms with E-state index < -0.39 is 21.8 Å². The van der Waals surface area contributed by atoms with Crippen molar-refractivity contribution in [2.45, 2.75) is 4.90 Å². The Balaban J connectivity index is 2.16. The van der Waals surface area contributed by atoms with E-state index in [1.807, 2.05) is 0 Å². The van der Waals surface area contributed by atoms with Crippen molar-refractivity contribution in [1.82, 2.24) is 9.29 Å². The first-order chi connectivity index (χ1) is 7.91. The van der Waals surface area contributed by atoms with E-state index in [9.17, 15) is 13.2 Å². The third-order valence-electron chi connectivity index (χ3n) is 2.59. The SMILES string of the molecule is NC(=O)C1CN(S(=O)(=O)c2ccc(Cl)nc2)C1. The van der Waals surface area contributed by atoms with Gasteiger partial charge in [-0.25, -0.2) is 13.4 Å². The molecule has 0 saturated carbocycles. The Bertz CT molecular complexity index is 537. The van der Waals surface area contributed by atoms with E-state index in [-0.39, 0.29) is 23.1 Å². The highest BCUT2D eigenvalue weighted by Crippen LogP contribution is 2.24. The topological polar surface area (TPSA) is 93.4 Å². The van der Waals surface area contributed by atoms with Gasteiger partial charge in [-0.05, 0) is 12.1 Å². The van der Waals surface area contributed by atoms with Crippen LogP contribution < -0.4 is 5.73 Å². The average Bonchev–Trinajstić information content (AvgIpc) is 2.14. The molecule has 2 rings (SSSR count). The van der Waals surface area contributed by atoms with Crippen molar-refractivity contribution >= 4 is 27.5 Å². The van der Waals surface area contributed by atoms with Gasteiger partial charge in [0, 0.05) is 19.3 Å². The standard InChI is InChI=1S/C9H10ClN3O3S/c10-8-2-1-7(3-12-8)17(15,16)13-4-6(5-13)9(11)14/h1-3,6H,4-5H2,(H2,11,14). The minimum atomic E-state index is -3.58. The highest BCUT2D eigenvalue weighted by molar-refractivity contribution is 7.89. The summed E-state index contributed by atoms with van der Waals surface area (Å²) >= 11 is 5.57. The highest BCUT2D eigenvalue weighted by Gasteiger charge is 2.39. The van der Waals surface area contributed by atoms with Crippen LogP contribution in [0.1, 0.15) is 0 Å². The summed E-state index contributed by atoms with van der Waals surface area (Å²) in [6.45, 7) is 0.251. The molecular formula is C9H10ClN3O3S. The molecule has 0 radical (unpaired) electrons. The Hall–Kier alpha value is -1.18. The summed E-state index contributed by atoms with van der Waals surface area (Å²) < 4.78 is 25.2. The molecule has 1 amide bonds. The van der Waals surface area contributed by atoms with E-state index in [4.69, 9.17) is 17.3 Å². The molecule has 1 aromatic rings. The molecule has 2 heterocycles. The molecule has 92 valence electrons. The molecule has 0 unspecified atom stereocenters. The van der Waals surface area contributed by atoms with E-state index in [0.29, 0.717) is 0 Å². The number of primary amides is 1. The van der Waals surface area contributed by atoms with Crippen molar-refractivity contribution in [2.24, 2.45) is 11.7 Å². The average molecular weight is 276 g/mol. The van der Waals surface area contributed by atoms with Gasteiger partial charge in [-0.2, -0.15) is 4.31 Å². The molecule has 0 bridgehead atoms. The predicted molar refractivity (Wildman–Crippen MR) is 60.7 cm³/mol. The number of hydrogen-bond donors (Lipinski definition) is 1. The zero-order valence-corrected chi connectivity index (χ0v) is 10.3. The molecule has 0 atom stereocenters. The summed E-state index contributed by atoms with van der Waals surface area (Å²) in [5, 5.41) is 0.225. The van der Waals surface area contributed by atoms with Gasteiger partial charge in [-0.1, -0.05) is 11.6 Å². The largest absolute Gasteiger partial charge is 0.369 e. The quantitative estimate of drug-likeness (QED) is 0.776. The molecule has 0 aromatic carbocycles. The van der Waals surface area contributed by atoms with Crippen LogP contribution in [-0.2, 0) is 14.8 Å². The molecular weight excluding hydrogens is 266 g/mol. The van der Waals surface area contributed by atoms with Crippen LogP contribution in [0.25, 0.3) is 0 Å². The van der Waals surface area contributed by atoms with Crippen LogP contribution in [0.2, 0.25) is 5.15 Å². The van der Waals surface area contributed by atoms with Crippen molar-refractivity contribution < 1.29 is 13.2 Å². The molecule has 6 nitrogen and oxygen atoms in total. The van der Waals surface area contributed by atoms with Gasteiger partial charge in [-0.3, -0.25) is 4.79 Å². The fourth-order valence-corrected chi connectivity index (χ4v) is 3.07. The van der Waals surface area contributed by atoms with E-state index >= 15 is 0 Å². The lowest BCUT2D eigenvalue weighted by molar-refractivity contribution is -0.124. The van der Waals surface area contributed by atoms with Gasteiger partial charge in [0.1, 0.15) is 10.0 Å². The number of carbonyl (C=O) groups is 1. The van der Waals surface area contributed by atoms with Gasteiger partial charge in [0.25, 0.3) is 0 Å². The number of nitrogens with zero attached hydrogens (tertiary/aromatic N) is 2. The smallest absolute Gasteiger partial charge is 0.244 e. The van der Waals surface area contributed by atoms with Gasteiger partial charge < -0.3 is 5.73 Å². The third kappa shape index (κ3) is 2.26. The molecule has 0 spiro atoms. The van der Waals surface area contributed by atoms with Crippen LogP contribution in [0.15, 0.2) is 23.2 Å². The first-order valence-corrected chi connectivity index (χ1v) is 6.64. The maximum absolute atomic E-state index is 12.0. The maximum Gasteiger partial charge on any atom is 0.244 e. The molecule has 0 aliphatic carbocycles. The number of nitrogens with two attached hydrogens (primary N) is 1. The van der Waals surface area contributed by atoms with Gasteiger partial charge >= 0.3 is 0 Å². The van der Waals surface area contributed by atoms with Gasteiger partial charge in [0.05, 0.1) is 5.92 Å². The highest BCUT2D eigenvalue weighted by atomic mass is 35.5. The van der Waals surface area contributed by atoms with E-state index in [1.54, 1.807) is 0 Å². The maximum atomic E-state index is 12.0. The minimum Gasteiger partial charge on any atom is -0.369 e. The lowest BCUT2D eigenvalue weighted by Crippen LogP contribution is -2.54. The monoisotopic (exact) mass is 275 g/mol. The Morgan fingerprint density at radius 3 is 2.59 bits per heavy atom. The predicted octanol–water partition coefficient (Wildman–Crippen LogP) is -0.159. The second kappa shape index (κ2) is 4.25. The van der Waals surface area contributed by atoms with Gasteiger partial charge in [0.15, 0.2) is 0 Å². The summed E-state index contributed by atoms with van der Waals surface area (Å²) in [5.74, 6) is -0.879. The van der Waals surface area contributed by atoms with E-state index in [2.05, 4.69) is 4.98 Å². The summed E-state index contributed by atoms with van der Waals surface area (Å²) in [7, 11) is -3.58. The summed E-state index contributed by atoms with van der Waals surface area (Å²) in [4.78, 5) is 14.6. The fraction of sp³-hybridized carbons (Fsp3) is 0.333. The summed E-state index contributed by atoms with van der Waals surface area (Å²) in [6, 6.07) is 2.78. The Labute approximate surface area is 103 Å². The lowest BCUT2D eigenvalue weighted by Gasteiger charge is -2.35. The van der Waals surface area contributed by atoms with Crippen molar-refractivity contribution in [3.63, 3.8) is 0 Å². The molecule has 1 aromatic heterocycles. The van der Waals surface area contributed by atoms with Gasteiger partial charge in [0.2, 0.25) is 15.9 Å². The van der Waals surface area contributed by atoms with E-state index in [1.165, 1.54) is 22.6 Å².